The minimum atomic E-state index is 0.0252. The van der Waals surface area contributed by atoms with Gasteiger partial charge in [-0.3, -0.25) is 0 Å². The van der Waals surface area contributed by atoms with Crippen molar-refractivity contribution in [3.05, 3.63) is 125 Å². The van der Waals surface area contributed by atoms with Gasteiger partial charge in [0.15, 0.2) is 0 Å². The molecule has 0 radical (unpaired) electrons. The van der Waals surface area contributed by atoms with Gasteiger partial charge in [0.05, 0.1) is 52.1 Å². The van der Waals surface area contributed by atoms with Crippen molar-refractivity contribution in [3.8, 4) is 23.9 Å². The van der Waals surface area contributed by atoms with Crippen LogP contribution in [0.3, 0.4) is 0 Å². The molecule has 176 valence electrons. The van der Waals surface area contributed by atoms with Gasteiger partial charge in [0.25, 0.3) is 0 Å². The van der Waals surface area contributed by atoms with E-state index in [9.17, 15) is 15.8 Å². The van der Waals surface area contributed by atoms with E-state index < -0.39 is 0 Å². The molecule has 0 fully saturated rings. The van der Waals surface area contributed by atoms with Crippen molar-refractivity contribution in [2.45, 2.75) is 12.0 Å². The van der Waals surface area contributed by atoms with Gasteiger partial charge in [0.2, 0.25) is 0 Å². The van der Waals surface area contributed by atoms with E-state index in [1.807, 2.05) is 48.5 Å². The zero-order chi connectivity index (χ0) is 25.8. The first-order valence-electron chi connectivity index (χ1n) is 12.4. The molecule has 5 aromatic rings. The molecule has 4 aromatic carbocycles. The molecule has 1 aliphatic heterocycles. The third-order valence-corrected chi connectivity index (χ3v) is 7.59. The van der Waals surface area contributed by atoms with E-state index in [1.54, 1.807) is 0 Å². The van der Waals surface area contributed by atoms with E-state index in [1.165, 1.54) is 5.56 Å². The number of anilines is 2. The molecule has 0 amide bonds. The monoisotopic (exact) mass is 485 g/mol. The van der Waals surface area contributed by atoms with E-state index in [2.05, 4.69) is 82.3 Å². The molecule has 2 aliphatic rings. The number of para-hydroxylation sites is 2. The van der Waals surface area contributed by atoms with Crippen molar-refractivity contribution in [2.75, 3.05) is 4.90 Å². The molecule has 0 N–H and O–H groups in total. The molecule has 2 heterocycles. The highest BCUT2D eigenvalue weighted by atomic mass is 15.2. The number of fused-ring (bicyclic) bond motifs is 6. The SMILES string of the molecule is N#CC1=CC2c3ccccc3N(c3cccc4c5cc(C#N)ccc5n(-c5ccc(C#N)cc5)c34)C2C=C1. The van der Waals surface area contributed by atoms with Crippen LogP contribution in [-0.4, -0.2) is 10.6 Å². The first-order chi connectivity index (χ1) is 18.7. The van der Waals surface area contributed by atoms with Crippen LogP contribution in [0.1, 0.15) is 22.6 Å². The molecule has 5 heteroatoms. The summed E-state index contributed by atoms with van der Waals surface area (Å²) in [6.45, 7) is 0. The zero-order valence-electron chi connectivity index (χ0n) is 20.2. The summed E-state index contributed by atoms with van der Waals surface area (Å²) in [6, 6.07) is 34.9. The van der Waals surface area contributed by atoms with Crippen molar-refractivity contribution < 1.29 is 0 Å². The zero-order valence-corrected chi connectivity index (χ0v) is 20.2. The third-order valence-electron chi connectivity index (χ3n) is 7.59. The Labute approximate surface area is 219 Å². The van der Waals surface area contributed by atoms with Crippen molar-refractivity contribution in [2.24, 2.45) is 0 Å². The average Bonchev–Trinajstić information content (AvgIpc) is 3.49. The number of rotatable bonds is 2. The topological polar surface area (TPSA) is 79.5 Å². The largest absolute Gasteiger partial charge is 0.332 e. The summed E-state index contributed by atoms with van der Waals surface area (Å²) in [6.07, 6.45) is 6.11. The number of nitriles is 3. The average molecular weight is 486 g/mol. The maximum Gasteiger partial charge on any atom is 0.0991 e. The predicted octanol–water partition coefficient (Wildman–Crippen LogP) is 7.15. The van der Waals surface area contributed by atoms with E-state index in [-0.39, 0.29) is 12.0 Å². The molecule has 5 nitrogen and oxygen atoms in total. The van der Waals surface area contributed by atoms with Crippen LogP contribution in [-0.2, 0) is 0 Å². The highest BCUT2D eigenvalue weighted by molar-refractivity contribution is 6.14. The number of nitrogens with zero attached hydrogens (tertiary/aromatic N) is 5. The van der Waals surface area contributed by atoms with Gasteiger partial charge in [0.1, 0.15) is 0 Å². The van der Waals surface area contributed by atoms with Gasteiger partial charge in [-0.05, 0) is 66.2 Å². The normalized spacial score (nSPS) is 17.4. The highest BCUT2D eigenvalue weighted by Gasteiger charge is 2.39. The molecule has 0 saturated heterocycles. The molecule has 0 saturated carbocycles. The quantitative estimate of drug-likeness (QED) is 0.266. The Bertz CT molecular complexity index is 1970. The summed E-state index contributed by atoms with van der Waals surface area (Å²) in [7, 11) is 0. The van der Waals surface area contributed by atoms with Gasteiger partial charge in [-0.15, -0.1) is 0 Å². The molecular formula is C33H19N5. The van der Waals surface area contributed by atoms with Gasteiger partial charge in [-0.2, -0.15) is 15.8 Å². The molecule has 7 rings (SSSR count). The second-order valence-electron chi connectivity index (χ2n) is 9.55. The molecule has 1 aliphatic carbocycles. The first kappa shape index (κ1) is 21.7. The Hall–Kier alpha value is -5.57. The molecule has 2 unspecified atom stereocenters. The van der Waals surface area contributed by atoms with Crippen LogP contribution in [0.25, 0.3) is 27.5 Å². The van der Waals surface area contributed by atoms with Crippen LogP contribution in [0, 0.1) is 34.0 Å². The van der Waals surface area contributed by atoms with E-state index in [0.717, 1.165) is 38.9 Å². The number of aromatic nitrogens is 1. The Morgan fingerprint density at radius 2 is 1.45 bits per heavy atom. The lowest BCUT2D eigenvalue weighted by atomic mass is 9.89. The molecular weight excluding hydrogens is 466 g/mol. The van der Waals surface area contributed by atoms with Gasteiger partial charge in [-0.1, -0.05) is 42.5 Å². The van der Waals surface area contributed by atoms with E-state index in [4.69, 9.17) is 0 Å². The Morgan fingerprint density at radius 1 is 0.684 bits per heavy atom. The minimum Gasteiger partial charge on any atom is -0.332 e. The van der Waals surface area contributed by atoms with Crippen molar-refractivity contribution in [1.29, 1.82) is 15.8 Å². The maximum atomic E-state index is 9.63. The summed E-state index contributed by atoms with van der Waals surface area (Å²) in [4.78, 5) is 2.37. The number of benzene rings is 4. The lowest BCUT2D eigenvalue weighted by Crippen LogP contribution is -2.29. The second kappa shape index (κ2) is 8.24. The number of hydrogen-bond acceptors (Lipinski definition) is 4. The summed E-state index contributed by atoms with van der Waals surface area (Å²) in [5.74, 6) is 0.0686. The first-order valence-corrected chi connectivity index (χ1v) is 12.4. The van der Waals surface area contributed by atoms with Crippen LogP contribution in [0.15, 0.2) is 109 Å². The lowest BCUT2D eigenvalue weighted by Gasteiger charge is -2.30. The summed E-state index contributed by atoms with van der Waals surface area (Å²) >= 11 is 0. The number of allylic oxidation sites excluding steroid dienone is 2. The summed E-state index contributed by atoms with van der Waals surface area (Å²) in [5.41, 5.74) is 8.20. The predicted molar refractivity (Wildman–Crippen MR) is 148 cm³/mol. The van der Waals surface area contributed by atoms with Gasteiger partial charge < -0.3 is 9.47 Å². The van der Waals surface area contributed by atoms with Gasteiger partial charge in [-0.25, -0.2) is 0 Å². The molecule has 0 bridgehead atoms. The summed E-state index contributed by atoms with van der Waals surface area (Å²) < 4.78 is 2.22. The number of hydrogen-bond donors (Lipinski definition) is 0. The maximum absolute atomic E-state index is 9.63. The molecule has 1 aromatic heterocycles. The molecule has 38 heavy (non-hydrogen) atoms. The Balaban J connectivity index is 1.56. The molecule has 2 atom stereocenters. The van der Waals surface area contributed by atoms with Gasteiger partial charge >= 0.3 is 0 Å². The Morgan fingerprint density at radius 3 is 2.24 bits per heavy atom. The Kier molecular flexibility index (Phi) is 4.70. The highest BCUT2D eigenvalue weighted by Crippen LogP contribution is 2.50. The smallest absolute Gasteiger partial charge is 0.0991 e. The van der Waals surface area contributed by atoms with E-state index >= 15 is 0 Å². The van der Waals surface area contributed by atoms with Crippen LogP contribution in [0.2, 0.25) is 0 Å². The fraction of sp³-hybridized carbons (Fsp3) is 0.0606. The summed E-state index contributed by atoms with van der Waals surface area (Å²) in [5, 5.41) is 30.6. The third kappa shape index (κ3) is 3.02. The van der Waals surface area contributed by atoms with Crippen LogP contribution >= 0.6 is 0 Å². The van der Waals surface area contributed by atoms with Gasteiger partial charge in [0, 0.05) is 33.6 Å². The van der Waals surface area contributed by atoms with Crippen molar-refractivity contribution in [1.82, 2.24) is 4.57 Å². The van der Waals surface area contributed by atoms with Crippen molar-refractivity contribution >= 4 is 33.2 Å². The second-order valence-corrected chi connectivity index (χ2v) is 9.55. The lowest BCUT2D eigenvalue weighted by molar-refractivity contribution is 0.742. The van der Waals surface area contributed by atoms with Crippen LogP contribution in [0.5, 0.6) is 0 Å². The van der Waals surface area contributed by atoms with E-state index in [0.29, 0.717) is 16.7 Å². The fourth-order valence-corrected chi connectivity index (χ4v) is 5.97. The fourth-order valence-electron chi connectivity index (χ4n) is 5.97. The standard InChI is InChI=1S/C33H19N5/c34-18-21-8-12-24(13-9-21)37-30-14-10-23(20-36)17-28(30)26-5-3-7-32(33(26)37)38-29-6-2-1-4-25(29)27-16-22(19-35)11-15-31(27)38/h1-17,27,31H. The molecule has 0 spiro atoms. The van der Waals surface area contributed by atoms with Crippen LogP contribution < -0.4 is 4.90 Å². The van der Waals surface area contributed by atoms with Crippen molar-refractivity contribution in [3.63, 3.8) is 0 Å². The van der Waals surface area contributed by atoms with Crippen LogP contribution in [0.4, 0.5) is 11.4 Å². The minimum absolute atomic E-state index is 0.0252.